The van der Waals surface area contributed by atoms with Gasteiger partial charge in [-0.05, 0) is 37.3 Å². The molecule has 0 aliphatic carbocycles. The van der Waals surface area contributed by atoms with E-state index < -0.39 is 9.84 Å². The summed E-state index contributed by atoms with van der Waals surface area (Å²) in [5, 5.41) is 3.08. The second-order valence-electron chi connectivity index (χ2n) is 6.95. The van der Waals surface area contributed by atoms with E-state index in [1.807, 2.05) is 36.4 Å². The Bertz CT molecular complexity index is 693. The van der Waals surface area contributed by atoms with Gasteiger partial charge < -0.3 is 10.2 Å². The van der Waals surface area contributed by atoms with Crippen LogP contribution >= 0.6 is 0 Å². The van der Waals surface area contributed by atoms with E-state index in [9.17, 15) is 13.2 Å². The van der Waals surface area contributed by atoms with E-state index in [0.29, 0.717) is 17.5 Å². The predicted octanol–water partition coefficient (Wildman–Crippen LogP) is 1.86. The van der Waals surface area contributed by atoms with Crippen LogP contribution in [0.25, 0.3) is 6.08 Å². The Kier molecular flexibility index (Phi) is 5.91. The first-order valence-corrected chi connectivity index (χ1v) is 10.8. The zero-order valence-electron chi connectivity index (χ0n) is 14.4. The van der Waals surface area contributed by atoms with E-state index in [0.717, 1.165) is 44.3 Å². The van der Waals surface area contributed by atoms with Gasteiger partial charge in [0.2, 0.25) is 5.91 Å². The molecule has 0 saturated carbocycles. The molecule has 25 heavy (non-hydrogen) atoms. The fourth-order valence-corrected chi connectivity index (χ4v) is 5.10. The molecule has 0 bridgehead atoms. The number of hydrogen-bond acceptors (Lipinski definition) is 4. The van der Waals surface area contributed by atoms with Gasteiger partial charge in [0.25, 0.3) is 0 Å². The fourth-order valence-electron chi connectivity index (χ4n) is 3.64. The highest BCUT2D eigenvalue weighted by Gasteiger charge is 2.30. The van der Waals surface area contributed by atoms with E-state index in [4.69, 9.17) is 0 Å². The minimum Gasteiger partial charge on any atom is -0.350 e. The first kappa shape index (κ1) is 18.1. The smallest absolute Gasteiger partial charge is 0.244 e. The minimum atomic E-state index is -2.80. The summed E-state index contributed by atoms with van der Waals surface area (Å²) in [6.07, 6.45) is 6.77. The lowest BCUT2D eigenvalue weighted by Gasteiger charge is -2.39. The molecular weight excluding hydrogens is 336 g/mol. The largest absolute Gasteiger partial charge is 0.350 e. The van der Waals surface area contributed by atoms with E-state index in [1.165, 1.54) is 0 Å². The zero-order valence-corrected chi connectivity index (χ0v) is 15.2. The number of piperidine rings is 1. The van der Waals surface area contributed by atoms with Gasteiger partial charge in [0.1, 0.15) is 9.84 Å². The standard InChI is InChI=1S/C19H26N2O3S/c22-19(7-6-16-4-2-1-3-5-16)20-17-8-12-21(13-9-17)18-10-14-25(23,24)15-11-18/h1-7,17-18H,8-15H2,(H,20,22). The molecule has 2 aliphatic rings. The molecule has 2 heterocycles. The molecular formula is C19H26N2O3S. The third-order valence-electron chi connectivity index (χ3n) is 5.14. The number of carbonyl (C=O) groups excluding carboxylic acids is 1. The highest BCUT2D eigenvalue weighted by molar-refractivity contribution is 7.91. The Morgan fingerprint density at radius 1 is 1.04 bits per heavy atom. The van der Waals surface area contributed by atoms with Gasteiger partial charge in [-0.3, -0.25) is 4.79 Å². The number of likely N-dealkylation sites (tertiary alicyclic amines) is 1. The number of nitrogens with zero attached hydrogens (tertiary/aromatic N) is 1. The molecule has 0 unspecified atom stereocenters. The topological polar surface area (TPSA) is 66.5 Å². The number of hydrogen-bond donors (Lipinski definition) is 1. The molecule has 2 saturated heterocycles. The van der Waals surface area contributed by atoms with Gasteiger partial charge >= 0.3 is 0 Å². The molecule has 1 aromatic rings. The monoisotopic (exact) mass is 362 g/mol. The van der Waals surface area contributed by atoms with Crippen molar-refractivity contribution in [2.24, 2.45) is 0 Å². The van der Waals surface area contributed by atoms with Crippen LogP contribution < -0.4 is 5.32 Å². The molecule has 0 radical (unpaired) electrons. The molecule has 3 rings (SSSR count). The van der Waals surface area contributed by atoms with E-state index >= 15 is 0 Å². The summed E-state index contributed by atoms with van der Waals surface area (Å²) in [6, 6.07) is 10.4. The van der Waals surface area contributed by atoms with Gasteiger partial charge in [-0.1, -0.05) is 30.3 Å². The summed E-state index contributed by atoms with van der Waals surface area (Å²) in [4.78, 5) is 14.5. The quantitative estimate of drug-likeness (QED) is 0.830. The number of sulfone groups is 1. The van der Waals surface area contributed by atoms with Crippen molar-refractivity contribution in [3.8, 4) is 0 Å². The highest BCUT2D eigenvalue weighted by Crippen LogP contribution is 2.22. The Labute approximate surface area is 150 Å². The van der Waals surface area contributed by atoms with Crippen LogP contribution in [0, 0.1) is 0 Å². The molecule has 1 aromatic carbocycles. The fraction of sp³-hybridized carbons (Fsp3) is 0.526. The van der Waals surface area contributed by atoms with E-state index in [2.05, 4.69) is 10.2 Å². The molecule has 2 aliphatic heterocycles. The van der Waals surface area contributed by atoms with Crippen LogP contribution in [-0.2, 0) is 14.6 Å². The van der Waals surface area contributed by atoms with Crippen molar-refractivity contribution in [1.82, 2.24) is 10.2 Å². The molecule has 1 amide bonds. The minimum absolute atomic E-state index is 0.0499. The lowest BCUT2D eigenvalue weighted by molar-refractivity contribution is -0.117. The second-order valence-corrected chi connectivity index (χ2v) is 9.25. The Morgan fingerprint density at radius 3 is 2.32 bits per heavy atom. The zero-order chi connectivity index (χ0) is 17.7. The van der Waals surface area contributed by atoms with Gasteiger partial charge in [0.15, 0.2) is 0 Å². The summed E-state index contributed by atoms with van der Waals surface area (Å²) in [6.45, 7) is 1.86. The van der Waals surface area contributed by atoms with Gasteiger partial charge in [-0.15, -0.1) is 0 Å². The maximum absolute atomic E-state index is 12.1. The van der Waals surface area contributed by atoms with Crippen LogP contribution in [0.1, 0.15) is 31.2 Å². The summed E-state index contributed by atoms with van der Waals surface area (Å²) in [5.41, 5.74) is 1.01. The van der Waals surface area contributed by atoms with Crippen molar-refractivity contribution < 1.29 is 13.2 Å². The van der Waals surface area contributed by atoms with Crippen LogP contribution in [0.4, 0.5) is 0 Å². The van der Waals surface area contributed by atoms with Crippen molar-refractivity contribution in [3.63, 3.8) is 0 Å². The lowest BCUT2D eigenvalue weighted by Crippen LogP contribution is -2.49. The van der Waals surface area contributed by atoms with Gasteiger partial charge in [-0.25, -0.2) is 8.42 Å². The summed E-state index contributed by atoms with van der Waals surface area (Å²) in [7, 11) is -2.80. The number of rotatable bonds is 4. The molecule has 0 aromatic heterocycles. The summed E-state index contributed by atoms with van der Waals surface area (Å²) >= 11 is 0. The number of nitrogens with one attached hydrogen (secondary N) is 1. The molecule has 2 fully saturated rings. The van der Waals surface area contributed by atoms with Crippen molar-refractivity contribution in [2.45, 2.75) is 37.8 Å². The number of carbonyl (C=O) groups is 1. The number of benzene rings is 1. The van der Waals surface area contributed by atoms with Crippen LogP contribution in [0.5, 0.6) is 0 Å². The molecule has 5 nitrogen and oxygen atoms in total. The maximum Gasteiger partial charge on any atom is 0.244 e. The normalized spacial score (nSPS) is 22.9. The predicted molar refractivity (Wildman–Crippen MR) is 99.9 cm³/mol. The average molecular weight is 362 g/mol. The summed E-state index contributed by atoms with van der Waals surface area (Å²) in [5.74, 6) is 0.586. The van der Waals surface area contributed by atoms with Crippen molar-refractivity contribution in [3.05, 3.63) is 42.0 Å². The molecule has 6 heteroatoms. The third kappa shape index (κ3) is 5.41. The van der Waals surface area contributed by atoms with Gasteiger partial charge in [0, 0.05) is 31.2 Å². The van der Waals surface area contributed by atoms with Crippen LogP contribution in [-0.4, -0.2) is 55.9 Å². The van der Waals surface area contributed by atoms with Crippen LogP contribution in [0.3, 0.4) is 0 Å². The van der Waals surface area contributed by atoms with Crippen molar-refractivity contribution in [2.75, 3.05) is 24.6 Å². The van der Waals surface area contributed by atoms with Crippen molar-refractivity contribution >= 4 is 21.8 Å². The average Bonchev–Trinajstić information content (AvgIpc) is 2.62. The van der Waals surface area contributed by atoms with E-state index in [1.54, 1.807) is 6.08 Å². The van der Waals surface area contributed by atoms with Gasteiger partial charge in [0.05, 0.1) is 11.5 Å². The Morgan fingerprint density at radius 2 is 1.68 bits per heavy atom. The van der Waals surface area contributed by atoms with Crippen LogP contribution in [0.2, 0.25) is 0 Å². The van der Waals surface area contributed by atoms with Crippen molar-refractivity contribution in [1.29, 1.82) is 0 Å². The lowest BCUT2D eigenvalue weighted by atomic mass is 10.0. The van der Waals surface area contributed by atoms with Gasteiger partial charge in [-0.2, -0.15) is 0 Å². The molecule has 136 valence electrons. The molecule has 0 atom stereocenters. The maximum atomic E-state index is 12.1. The third-order valence-corrected chi connectivity index (χ3v) is 6.86. The first-order valence-electron chi connectivity index (χ1n) is 9.00. The second kappa shape index (κ2) is 8.15. The highest BCUT2D eigenvalue weighted by atomic mass is 32.2. The van der Waals surface area contributed by atoms with E-state index in [-0.39, 0.29) is 11.9 Å². The Hall–Kier alpha value is -1.66. The van der Waals surface area contributed by atoms with Crippen LogP contribution in [0.15, 0.2) is 36.4 Å². The Balaban J connectivity index is 1.42. The molecule has 1 N–H and O–H groups in total. The number of amides is 1. The first-order chi connectivity index (χ1) is 12.0. The summed E-state index contributed by atoms with van der Waals surface area (Å²) < 4.78 is 23.1. The molecule has 0 spiro atoms. The SMILES string of the molecule is O=C(C=Cc1ccccc1)NC1CCN(C2CCS(=O)(=O)CC2)CC1.